The summed E-state index contributed by atoms with van der Waals surface area (Å²) < 4.78 is 5.63. The highest BCUT2D eigenvalue weighted by molar-refractivity contribution is 5.32. The van der Waals surface area contributed by atoms with Crippen molar-refractivity contribution in [3.05, 3.63) is 53.2 Å². The maximum atomic E-state index is 9.04. The first kappa shape index (κ1) is 11.6. The largest absolute Gasteiger partial charge is 0.439 e. The van der Waals surface area contributed by atoms with Gasteiger partial charge in [0.15, 0.2) is 0 Å². The van der Waals surface area contributed by atoms with E-state index >= 15 is 0 Å². The van der Waals surface area contributed by atoms with Gasteiger partial charge in [-0.15, -0.1) is 0 Å². The topological polar surface area (TPSA) is 42.4 Å². The van der Waals surface area contributed by atoms with Crippen molar-refractivity contribution in [3.8, 4) is 11.6 Å². The second kappa shape index (κ2) is 4.97. The maximum Gasteiger partial charge on any atom is 0.219 e. The summed E-state index contributed by atoms with van der Waals surface area (Å²) in [7, 11) is 0. The standard InChI is InChI=1S/C14H15NO2/c1-10-6-7-14(15-11(10)2)17-13-5-3-4-12(8-13)9-16/h3-8,16H,9H2,1-2H3. The highest BCUT2D eigenvalue weighted by atomic mass is 16.5. The van der Waals surface area contributed by atoms with E-state index in [1.54, 1.807) is 6.07 Å². The van der Waals surface area contributed by atoms with Crippen LogP contribution in [0.3, 0.4) is 0 Å². The summed E-state index contributed by atoms with van der Waals surface area (Å²) in [5.74, 6) is 1.26. The number of aliphatic hydroxyl groups excluding tert-OH is 1. The number of aliphatic hydroxyl groups is 1. The molecule has 0 aliphatic rings. The summed E-state index contributed by atoms with van der Waals surface area (Å²) in [6, 6.07) is 11.2. The summed E-state index contributed by atoms with van der Waals surface area (Å²) in [6.45, 7) is 3.97. The molecule has 0 fully saturated rings. The Bertz CT molecular complexity index is 523. The molecule has 1 heterocycles. The second-order valence-electron chi connectivity index (χ2n) is 3.96. The van der Waals surface area contributed by atoms with E-state index in [2.05, 4.69) is 4.98 Å². The molecule has 3 nitrogen and oxygen atoms in total. The Morgan fingerprint density at radius 2 is 2.00 bits per heavy atom. The van der Waals surface area contributed by atoms with Crippen LogP contribution in [-0.4, -0.2) is 10.1 Å². The van der Waals surface area contributed by atoms with Gasteiger partial charge < -0.3 is 9.84 Å². The van der Waals surface area contributed by atoms with Crippen molar-refractivity contribution in [2.75, 3.05) is 0 Å². The van der Waals surface area contributed by atoms with E-state index in [1.165, 1.54) is 0 Å². The fraction of sp³-hybridized carbons (Fsp3) is 0.214. The van der Waals surface area contributed by atoms with Crippen LogP contribution in [0.15, 0.2) is 36.4 Å². The van der Waals surface area contributed by atoms with Crippen LogP contribution in [0, 0.1) is 13.8 Å². The Labute approximate surface area is 101 Å². The number of pyridine rings is 1. The molecule has 88 valence electrons. The third kappa shape index (κ3) is 2.82. The molecule has 1 N–H and O–H groups in total. The highest BCUT2D eigenvalue weighted by Crippen LogP contribution is 2.21. The predicted molar refractivity (Wildman–Crippen MR) is 66.1 cm³/mol. The molecule has 0 spiro atoms. The summed E-state index contributed by atoms with van der Waals surface area (Å²) >= 11 is 0. The molecule has 2 aromatic rings. The third-order valence-corrected chi connectivity index (χ3v) is 2.63. The summed E-state index contributed by atoms with van der Waals surface area (Å²) in [5.41, 5.74) is 2.92. The van der Waals surface area contributed by atoms with Crippen LogP contribution in [0.5, 0.6) is 11.6 Å². The van der Waals surface area contributed by atoms with Crippen molar-refractivity contribution < 1.29 is 9.84 Å². The molecule has 0 bridgehead atoms. The molecule has 0 aliphatic heterocycles. The first-order valence-corrected chi connectivity index (χ1v) is 5.51. The average Bonchev–Trinajstić information content (AvgIpc) is 2.34. The van der Waals surface area contributed by atoms with Gasteiger partial charge in [-0.2, -0.15) is 0 Å². The van der Waals surface area contributed by atoms with Crippen LogP contribution in [0.25, 0.3) is 0 Å². The molecule has 3 heteroatoms. The number of hydrogen-bond donors (Lipinski definition) is 1. The van der Waals surface area contributed by atoms with Crippen molar-refractivity contribution in [2.24, 2.45) is 0 Å². The lowest BCUT2D eigenvalue weighted by Crippen LogP contribution is -1.92. The summed E-state index contributed by atoms with van der Waals surface area (Å²) in [5, 5.41) is 9.04. The number of rotatable bonds is 3. The van der Waals surface area contributed by atoms with Gasteiger partial charge in [-0.05, 0) is 37.1 Å². The van der Waals surface area contributed by atoms with Crippen molar-refractivity contribution >= 4 is 0 Å². The molecule has 0 atom stereocenters. The Morgan fingerprint density at radius 1 is 1.18 bits per heavy atom. The van der Waals surface area contributed by atoms with Crippen molar-refractivity contribution in [3.63, 3.8) is 0 Å². The molecule has 17 heavy (non-hydrogen) atoms. The maximum absolute atomic E-state index is 9.04. The Morgan fingerprint density at radius 3 is 2.71 bits per heavy atom. The lowest BCUT2D eigenvalue weighted by Gasteiger charge is -2.07. The van der Waals surface area contributed by atoms with Gasteiger partial charge in [0.05, 0.1) is 6.61 Å². The van der Waals surface area contributed by atoms with Gasteiger partial charge in [0.1, 0.15) is 5.75 Å². The van der Waals surface area contributed by atoms with Gasteiger partial charge in [0.25, 0.3) is 0 Å². The number of nitrogens with zero attached hydrogens (tertiary/aromatic N) is 1. The lowest BCUT2D eigenvalue weighted by molar-refractivity contribution is 0.281. The van der Waals surface area contributed by atoms with Crippen molar-refractivity contribution in [1.82, 2.24) is 4.98 Å². The van der Waals surface area contributed by atoms with Gasteiger partial charge in [0, 0.05) is 11.8 Å². The zero-order valence-corrected chi connectivity index (χ0v) is 9.97. The second-order valence-corrected chi connectivity index (χ2v) is 3.96. The Kier molecular flexibility index (Phi) is 3.40. The molecular weight excluding hydrogens is 214 g/mol. The molecular formula is C14H15NO2. The molecule has 0 amide bonds. The van der Waals surface area contributed by atoms with Gasteiger partial charge in [-0.3, -0.25) is 0 Å². The highest BCUT2D eigenvalue weighted by Gasteiger charge is 2.01. The molecule has 0 saturated heterocycles. The monoisotopic (exact) mass is 229 g/mol. The molecule has 0 unspecified atom stereocenters. The van der Waals surface area contributed by atoms with Crippen LogP contribution >= 0.6 is 0 Å². The third-order valence-electron chi connectivity index (χ3n) is 2.63. The molecule has 0 radical (unpaired) electrons. The fourth-order valence-corrected chi connectivity index (χ4v) is 1.49. The van der Waals surface area contributed by atoms with E-state index in [1.807, 2.05) is 44.2 Å². The zero-order chi connectivity index (χ0) is 12.3. The molecule has 0 aliphatic carbocycles. The van der Waals surface area contributed by atoms with E-state index in [0.29, 0.717) is 11.6 Å². The van der Waals surface area contributed by atoms with Crippen LogP contribution in [0.1, 0.15) is 16.8 Å². The number of benzene rings is 1. The lowest BCUT2D eigenvalue weighted by atomic mass is 10.2. The van der Waals surface area contributed by atoms with Crippen LogP contribution in [0.4, 0.5) is 0 Å². The smallest absolute Gasteiger partial charge is 0.219 e. The summed E-state index contributed by atoms with van der Waals surface area (Å²) in [4.78, 5) is 4.34. The molecule has 1 aromatic carbocycles. The fourth-order valence-electron chi connectivity index (χ4n) is 1.49. The number of aryl methyl sites for hydroxylation is 2. The minimum Gasteiger partial charge on any atom is -0.439 e. The normalized spacial score (nSPS) is 10.3. The molecule has 0 saturated carbocycles. The van der Waals surface area contributed by atoms with E-state index in [-0.39, 0.29) is 6.61 Å². The summed E-state index contributed by atoms with van der Waals surface area (Å²) in [6.07, 6.45) is 0. The van der Waals surface area contributed by atoms with Crippen molar-refractivity contribution in [2.45, 2.75) is 20.5 Å². The van der Waals surface area contributed by atoms with E-state index in [4.69, 9.17) is 9.84 Å². The minimum absolute atomic E-state index is 0.0115. The number of aromatic nitrogens is 1. The molecule has 1 aromatic heterocycles. The first-order chi connectivity index (χ1) is 8.19. The van der Waals surface area contributed by atoms with Crippen LogP contribution in [0.2, 0.25) is 0 Å². The quantitative estimate of drug-likeness (QED) is 0.879. The SMILES string of the molecule is Cc1ccc(Oc2cccc(CO)c2)nc1C. The Balaban J connectivity index is 2.22. The van der Waals surface area contributed by atoms with E-state index in [9.17, 15) is 0 Å². The van der Waals surface area contributed by atoms with E-state index in [0.717, 1.165) is 16.8 Å². The molecule has 2 rings (SSSR count). The number of ether oxygens (including phenoxy) is 1. The predicted octanol–water partition coefficient (Wildman–Crippen LogP) is 2.98. The van der Waals surface area contributed by atoms with Crippen LogP contribution < -0.4 is 4.74 Å². The average molecular weight is 229 g/mol. The minimum atomic E-state index is 0.0115. The van der Waals surface area contributed by atoms with Gasteiger partial charge >= 0.3 is 0 Å². The van der Waals surface area contributed by atoms with E-state index < -0.39 is 0 Å². The van der Waals surface area contributed by atoms with Gasteiger partial charge in [0.2, 0.25) is 5.88 Å². The Hall–Kier alpha value is -1.87. The van der Waals surface area contributed by atoms with Crippen LogP contribution in [-0.2, 0) is 6.61 Å². The first-order valence-electron chi connectivity index (χ1n) is 5.51. The van der Waals surface area contributed by atoms with Gasteiger partial charge in [-0.25, -0.2) is 4.98 Å². The zero-order valence-electron chi connectivity index (χ0n) is 9.97. The van der Waals surface area contributed by atoms with Crippen molar-refractivity contribution in [1.29, 1.82) is 0 Å². The van der Waals surface area contributed by atoms with Gasteiger partial charge in [-0.1, -0.05) is 18.2 Å². The number of hydrogen-bond acceptors (Lipinski definition) is 3.